The van der Waals surface area contributed by atoms with E-state index in [-0.39, 0.29) is 11.0 Å². The summed E-state index contributed by atoms with van der Waals surface area (Å²) in [5.41, 5.74) is 0.00242. The lowest BCUT2D eigenvalue weighted by Crippen LogP contribution is -2.54. The highest BCUT2D eigenvalue weighted by Gasteiger charge is 2.80. The molecule has 1 heterocycles. The van der Waals surface area contributed by atoms with E-state index in [0.717, 1.165) is 30.1 Å². The molecule has 4 aliphatic carbocycles. The van der Waals surface area contributed by atoms with Crippen molar-refractivity contribution in [3.05, 3.63) is 0 Å². The maximum absolute atomic E-state index is 10.9. The lowest BCUT2D eigenvalue weighted by Gasteiger charge is -2.60. The summed E-state index contributed by atoms with van der Waals surface area (Å²) in [6, 6.07) is 0. The van der Waals surface area contributed by atoms with Gasteiger partial charge in [0.25, 0.3) is 0 Å². The van der Waals surface area contributed by atoms with Crippen molar-refractivity contribution in [2.45, 2.75) is 96.3 Å². The van der Waals surface area contributed by atoms with Crippen LogP contribution < -0.4 is 0 Å². The Hall–Kier alpha value is -0.660. The number of hydrogen-bond acceptors (Lipinski definition) is 3. The molecule has 1 aliphatic heterocycles. The van der Waals surface area contributed by atoms with E-state index in [1.54, 1.807) is 6.08 Å². The summed E-state index contributed by atoms with van der Waals surface area (Å²) in [5.74, 6) is 3.52. The molecule has 0 aromatic rings. The second kappa shape index (κ2) is 4.98. The third kappa shape index (κ3) is 1.82. The van der Waals surface area contributed by atoms with Crippen LogP contribution in [0, 0.1) is 34.5 Å². The summed E-state index contributed by atoms with van der Waals surface area (Å²) < 4.78 is 6.25. The lowest BCUT2D eigenvalue weighted by molar-refractivity contribution is -0.113. The van der Waals surface area contributed by atoms with Gasteiger partial charge in [-0.05, 0) is 87.4 Å². The van der Waals surface area contributed by atoms with Crippen LogP contribution in [0.1, 0.15) is 85.0 Å². The largest absolute Gasteiger partial charge is 0.338 e. The third-order valence-corrected chi connectivity index (χ3v) is 10.0. The standard InChI is InChI=1S/C22H33NO2/c1-19-11-5-4-6-15(19)7-8-16-17(19)9-12-20(2)18(16)10-13-22(20)21(3,25-22)23-14-24/h15-18H,4-13H2,1-3H3/t15?,16-,17+,18+,19+,20+,21?,22-/m1/s1. The first-order valence-electron chi connectivity index (χ1n) is 10.7. The van der Waals surface area contributed by atoms with Crippen LogP contribution in [0.5, 0.6) is 0 Å². The van der Waals surface area contributed by atoms with E-state index in [4.69, 9.17) is 4.74 Å². The Bertz CT molecular complexity index is 642. The second-order valence-electron chi connectivity index (χ2n) is 10.5. The van der Waals surface area contributed by atoms with Crippen LogP contribution in [0.3, 0.4) is 0 Å². The van der Waals surface area contributed by atoms with Crippen molar-refractivity contribution < 1.29 is 9.53 Å². The van der Waals surface area contributed by atoms with Crippen molar-refractivity contribution in [1.82, 2.24) is 0 Å². The van der Waals surface area contributed by atoms with Crippen molar-refractivity contribution in [2.75, 3.05) is 0 Å². The second-order valence-corrected chi connectivity index (χ2v) is 10.5. The SMILES string of the molecule is CC1(N=C=O)O[C@@]12CC[C@H]1[C@@H]3CCC4CCCC[C@]4(C)[C@H]3CC[C@@]12C. The van der Waals surface area contributed by atoms with Gasteiger partial charge in [0.15, 0.2) is 5.72 Å². The molecular weight excluding hydrogens is 310 g/mol. The number of nitrogens with zero attached hydrogens (tertiary/aromatic N) is 1. The zero-order valence-corrected chi connectivity index (χ0v) is 16.1. The van der Waals surface area contributed by atoms with Gasteiger partial charge in [0.05, 0.1) is 0 Å². The Morgan fingerprint density at radius 2 is 1.72 bits per heavy atom. The molecule has 0 N–H and O–H groups in total. The van der Waals surface area contributed by atoms with Gasteiger partial charge in [-0.25, -0.2) is 4.79 Å². The number of isocyanates is 1. The van der Waals surface area contributed by atoms with E-state index < -0.39 is 5.72 Å². The van der Waals surface area contributed by atoms with E-state index in [9.17, 15) is 4.79 Å². The van der Waals surface area contributed by atoms with Gasteiger partial charge in [0, 0.05) is 5.41 Å². The number of hydrogen-bond donors (Lipinski definition) is 0. The Kier molecular flexibility index (Phi) is 3.29. The van der Waals surface area contributed by atoms with Crippen molar-refractivity contribution >= 4 is 6.08 Å². The zero-order valence-electron chi connectivity index (χ0n) is 16.1. The molecule has 0 radical (unpaired) electrons. The molecule has 0 aromatic heterocycles. The third-order valence-electron chi connectivity index (χ3n) is 10.0. The fraction of sp³-hybridized carbons (Fsp3) is 0.955. The molecule has 3 heteroatoms. The molecule has 2 unspecified atom stereocenters. The average Bonchev–Trinajstić information content (AvgIpc) is 3.06. The molecule has 3 nitrogen and oxygen atoms in total. The highest BCUT2D eigenvalue weighted by atomic mass is 16.6. The number of carbonyl (C=O) groups excluding carboxylic acids is 1. The summed E-state index contributed by atoms with van der Waals surface area (Å²) in [4.78, 5) is 15.0. The Balaban J connectivity index is 1.47. The Morgan fingerprint density at radius 1 is 0.920 bits per heavy atom. The first-order chi connectivity index (χ1) is 11.9. The topological polar surface area (TPSA) is 42.0 Å². The van der Waals surface area contributed by atoms with E-state index in [0.29, 0.717) is 5.41 Å². The summed E-state index contributed by atoms with van der Waals surface area (Å²) >= 11 is 0. The molecule has 5 aliphatic rings. The van der Waals surface area contributed by atoms with Crippen molar-refractivity contribution in [2.24, 2.45) is 39.5 Å². The average molecular weight is 344 g/mol. The zero-order chi connectivity index (χ0) is 17.5. The molecule has 1 saturated heterocycles. The van der Waals surface area contributed by atoms with Crippen LogP contribution in [0.2, 0.25) is 0 Å². The van der Waals surface area contributed by atoms with E-state index in [2.05, 4.69) is 18.8 Å². The van der Waals surface area contributed by atoms with Crippen LogP contribution >= 0.6 is 0 Å². The quantitative estimate of drug-likeness (QED) is 0.371. The highest BCUT2D eigenvalue weighted by molar-refractivity contribution is 5.39. The number of aliphatic imine (C=N–C) groups is 1. The monoisotopic (exact) mass is 343 g/mol. The number of epoxide rings is 1. The normalized spacial score (nSPS) is 59.5. The summed E-state index contributed by atoms with van der Waals surface area (Å²) in [6.07, 6.45) is 15.4. The van der Waals surface area contributed by atoms with Crippen molar-refractivity contribution in [3.63, 3.8) is 0 Å². The van der Waals surface area contributed by atoms with Gasteiger partial charge >= 0.3 is 0 Å². The Labute approximate surface area is 152 Å². The van der Waals surface area contributed by atoms with Crippen LogP contribution in [-0.4, -0.2) is 17.4 Å². The smallest absolute Gasteiger partial charge is 0.238 e. The van der Waals surface area contributed by atoms with Gasteiger partial charge in [0.1, 0.15) is 5.60 Å². The molecule has 0 amide bonds. The number of rotatable bonds is 1. The first-order valence-corrected chi connectivity index (χ1v) is 10.7. The van der Waals surface area contributed by atoms with Gasteiger partial charge in [0.2, 0.25) is 6.08 Å². The Morgan fingerprint density at radius 3 is 2.52 bits per heavy atom. The first kappa shape index (κ1) is 16.5. The molecule has 25 heavy (non-hydrogen) atoms. The fourth-order valence-corrected chi connectivity index (χ4v) is 8.74. The van der Waals surface area contributed by atoms with E-state index in [1.807, 2.05) is 6.92 Å². The van der Waals surface area contributed by atoms with Gasteiger partial charge < -0.3 is 4.74 Å². The van der Waals surface area contributed by atoms with E-state index >= 15 is 0 Å². The van der Waals surface area contributed by atoms with E-state index in [1.165, 1.54) is 57.8 Å². The van der Waals surface area contributed by atoms with Gasteiger partial charge in [-0.1, -0.05) is 26.7 Å². The molecule has 8 atom stereocenters. The summed E-state index contributed by atoms with van der Waals surface area (Å²) in [7, 11) is 0. The predicted octanol–water partition coefficient (Wildman–Crippen LogP) is 5.24. The highest BCUT2D eigenvalue weighted by Crippen LogP contribution is 2.75. The molecule has 0 aromatic carbocycles. The lowest BCUT2D eigenvalue weighted by atomic mass is 9.44. The maximum atomic E-state index is 10.9. The predicted molar refractivity (Wildman–Crippen MR) is 96.7 cm³/mol. The van der Waals surface area contributed by atoms with Crippen molar-refractivity contribution in [1.29, 1.82) is 0 Å². The molecule has 1 spiro atoms. The minimum absolute atomic E-state index is 0.183. The summed E-state index contributed by atoms with van der Waals surface area (Å²) in [6.45, 7) is 7.11. The minimum atomic E-state index is -0.600. The molecular formula is C22H33NO2. The van der Waals surface area contributed by atoms with Crippen LogP contribution in [0.25, 0.3) is 0 Å². The maximum Gasteiger partial charge on any atom is 0.238 e. The number of ether oxygens (including phenoxy) is 1. The van der Waals surface area contributed by atoms with Gasteiger partial charge in [-0.2, -0.15) is 4.99 Å². The van der Waals surface area contributed by atoms with Crippen molar-refractivity contribution in [3.8, 4) is 0 Å². The molecule has 0 bridgehead atoms. The fourth-order valence-electron chi connectivity index (χ4n) is 8.74. The van der Waals surface area contributed by atoms with Crippen LogP contribution in [-0.2, 0) is 9.53 Å². The van der Waals surface area contributed by atoms with Crippen LogP contribution in [0.4, 0.5) is 0 Å². The minimum Gasteiger partial charge on any atom is -0.338 e. The molecule has 138 valence electrons. The van der Waals surface area contributed by atoms with Gasteiger partial charge in [-0.15, -0.1) is 0 Å². The summed E-state index contributed by atoms with van der Waals surface area (Å²) in [5, 5.41) is 0. The molecule has 5 rings (SSSR count). The molecule has 5 fully saturated rings. The van der Waals surface area contributed by atoms with Gasteiger partial charge in [-0.3, -0.25) is 0 Å². The number of fused-ring (bicyclic) bond motifs is 6. The van der Waals surface area contributed by atoms with Crippen LogP contribution in [0.15, 0.2) is 4.99 Å². The molecule has 4 saturated carbocycles.